The van der Waals surface area contributed by atoms with E-state index in [1.54, 1.807) is 61.7 Å². The van der Waals surface area contributed by atoms with E-state index in [1.807, 2.05) is 18.2 Å². The fraction of sp³-hybridized carbons (Fsp3) is 0.176. The third-order valence-corrected chi connectivity index (χ3v) is 10.3. The molecule has 4 aromatic carbocycles. The van der Waals surface area contributed by atoms with Crippen LogP contribution in [0.3, 0.4) is 0 Å². The lowest BCUT2D eigenvalue weighted by Gasteiger charge is -2.24. The Morgan fingerprint density at radius 3 is 2.23 bits per heavy atom. The highest BCUT2D eigenvalue weighted by atomic mass is 32.2. The first-order valence-corrected chi connectivity index (χ1v) is 17.7. The number of nitrogens with zero attached hydrogens (tertiary/aromatic N) is 2. The van der Waals surface area contributed by atoms with Crippen molar-refractivity contribution in [3.8, 4) is 11.1 Å². The summed E-state index contributed by atoms with van der Waals surface area (Å²) in [4.78, 5) is 19.8. The van der Waals surface area contributed by atoms with Crippen molar-refractivity contribution >= 4 is 42.2 Å². The summed E-state index contributed by atoms with van der Waals surface area (Å²) < 4.78 is 63.8. The molecule has 1 atom stereocenters. The van der Waals surface area contributed by atoms with Crippen LogP contribution >= 0.6 is 0 Å². The first-order valence-electron chi connectivity index (χ1n) is 13.8. The van der Waals surface area contributed by atoms with E-state index in [2.05, 4.69) is 4.98 Å². The molecule has 7 nitrogen and oxygen atoms in total. The third kappa shape index (κ3) is 6.87. The van der Waals surface area contributed by atoms with Gasteiger partial charge < -0.3 is 4.90 Å². The maximum absolute atomic E-state index is 15.4. The molecule has 0 radical (unpaired) electrons. The monoisotopic (exact) mass is 630 g/mol. The van der Waals surface area contributed by atoms with Crippen molar-refractivity contribution in [2.75, 3.05) is 17.4 Å². The number of amides is 1. The molecule has 0 N–H and O–H groups in total. The van der Waals surface area contributed by atoms with Gasteiger partial charge in [0, 0.05) is 46.5 Å². The Balaban J connectivity index is 1.59. The SMILES string of the molecule is CC(Cc1cc(-c2ccc(F)c(CN(C(=O)c3ccccc3)c3ccc(S(C)(=O)=O)cc3)c2)c2ncccc2c1)S(C)(=O)=O. The average Bonchev–Trinajstić information content (AvgIpc) is 2.99. The van der Waals surface area contributed by atoms with Gasteiger partial charge in [-0.05, 0) is 91.2 Å². The predicted molar refractivity (Wildman–Crippen MR) is 172 cm³/mol. The van der Waals surface area contributed by atoms with Crippen LogP contribution in [0.4, 0.5) is 10.1 Å². The summed E-state index contributed by atoms with van der Waals surface area (Å²) in [6.07, 6.45) is 4.28. The van der Waals surface area contributed by atoms with Crippen molar-refractivity contribution in [2.24, 2.45) is 0 Å². The number of carbonyl (C=O) groups is 1. The standard InChI is InChI=1S/C34H31FN2O5S2/c1-23(43(2,39)40)18-24-19-27-10-7-17-36-33(27)31(20-24)26-11-16-32(35)28(21-26)22-37(34(38)25-8-5-4-6-9-25)29-12-14-30(15-13-29)44(3,41)42/h4-17,19-21,23H,18,22H2,1-3H3. The summed E-state index contributed by atoms with van der Waals surface area (Å²) in [5.41, 5.74) is 3.86. The maximum atomic E-state index is 15.4. The van der Waals surface area contributed by atoms with E-state index in [4.69, 9.17) is 0 Å². The van der Waals surface area contributed by atoms with Crippen molar-refractivity contribution < 1.29 is 26.0 Å². The lowest BCUT2D eigenvalue weighted by atomic mass is 9.95. The molecule has 0 saturated carbocycles. The molecular formula is C34H31FN2O5S2. The molecule has 0 bridgehead atoms. The van der Waals surface area contributed by atoms with E-state index in [0.717, 1.165) is 17.2 Å². The lowest BCUT2D eigenvalue weighted by molar-refractivity contribution is 0.0985. The average molecular weight is 631 g/mol. The number of fused-ring (bicyclic) bond motifs is 1. The molecule has 5 aromatic rings. The summed E-state index contributed by atoms with van der Waals surface area (Å²) in [7, 11) is -6.72. The van der Waals surface area contributed by atoms with Gasteiger partial charge in [-0.1, -0.05) is 30.3 Å². The molecule has 10 heteroatoms. The first-order chi connectivity index (χ1) is 20.8. The largest absolute Gasteiger partial charge is 0.304 e. The number of pyridine rings is 1. The number of hydrogen-bond acceptors (Lipinski definition) is 6. The van der Waals surface area contributed by atoms with Crippen LogP contribution < -0.4 is 4.90 Å². The minimum Gasteiger partial charge on any atom is -0.304 e. The lowest BCUT2D eigenvalue weighted by Crippen LogP contribution is -2.30. The second-order valence-electron chi connectivity index (χ2n) is 10.9. The van der Waals surface area contributed by atoms with Gasteiger partial charge in [-0.3, -0.25) is 9.78 Å². The van der Waals surface area contributed by atoms with Crippen LogP contribution in [-0.4, -0.2) is 45.5 Å². The molecule has 1 heterocycles. The van der Waals surface area contributed by atoms with Gasteiger partial charge in [-0.15, -0.1) is 0 Å². The smallest absolute Gasteiger partial charge is 0.258 e. The Morgan fingerprint density at radius 1 is 0.864 bits per heavy atom. The van der Waals surface area contributed by atoms with Crippen LogP contribution in [-0.2, 0) is 32.6 Å². The summed E-state index contributed by atoms with van der Waals surface area (Å²) >= 11 is 0. The molecule has 44 heavy (non-hydrogen) atoms. The fourth-order valence-corrected chi connectivity index (χ4v) is 6.13. The summed E-state index contributed by atoms with van der Waals surface area (Å²) in [5.74, 6) is -0.905. The second kappa shape index (κ2) is 12.3. The number of hydrogen-bond donors (Lipinski definition) is 0. The quantitative estimate of drug-likeness (QED) is 0.190. The van der Waals surface area contributed by atoms with Crippen LogP contribution in [0.15, 0.2) is 108 Å². The normalized spacial score (nSPS) is 12.6. The molecule has 1 aromatic heterocycles. The van der Waals surface area contributed by atoms with Crippen LogP contribution in [0, 0.1) is 5.82 Å². The Kier molecular flexibility index (Phi) is 8.67. The van der Waals surface area contributed by atoms with Crippen molar-refractivity contribution in [1.29, 1.82) is 0 Å². The van der Waals surface area contributed by atoms with Gasteiger partial charge in [0.15, 0.2) is 9.84 Å². The van der Waals surface area contributed by atoms with Crippen LogP contribution in [0.5, 0.6) is 0 Å². The molecule has 0 saturated heterocycles. The van der Waals surface area contributed by atoms with E-state index in [0.29, 0.717) is 34.3 Å². The van der Waals surface area contributed by atoms with Crippen LogP contribution in [0.1, 0.15) is 28.4 Å². The molecule has 0 aliphatic carbocycles. The number of aromatic nitrogens is 1. The molecule has 0 aliphatic rings. The van der Waals surface area contributed by atoms with Gasteiger partial charge in [0.25, 0.3) is 5.91 Å². The number of benzene rings is 4. The maximum Gasteiger partial charge on any atom is 0.258 e. The second-order valence-corrected chi connectivity index (χ2v) is 15.4. The summed E-state index contributed by atoms with van der Waals surface area (Å²) in [6.45, 7) is 1.53. The van der Waals surface area contributed by atoms with Gasteiger partial charge in [0.2, 0.25) is 0 Å². The molecule has 0 fully saturated rings. The highest BCUT2D eigenvalue weighted by molar-refractivity contribution is 7.91. The van der Waals surface area contributed by atoms with E-state index in [1.165, 1.54) is 41.5 Å². The van der Waals surface area contributed by atoms with Crippen molar-refractivity contribution in [3.63, 3.8) is 0 Å². The van der Waals surface area contributed by atoms with Gasteiger partial charge in [0.1, 0.15) is 15.7 Å². The number of halogens is 1. The zero-order valence-corrected chi connectivity index (χ0v) is 26.1. The zero-order valence-electron chi connectivity index (χ0n) is 24.4. The number of anilines is 1. The van der Waals surface area contributed by atoms with E-state index >= 15 is 4.39 Å². The molecule has 0 aliphatic heterocycles. The highest BCUT2D eigenvalue weighted by Crippen LogP contribution is 2.32. The summed E-state index contributed by atoms with van der Waals surface area (Å²) in [6, 6.07) is 26.6. The summed E-state index contributed by atoms with van der Waals surface area (Å²) in [5, 5.41) is 0.221. The van der Waals surface area contributed by atoms with E-state index in [-0.39, 0.29) is 22.9 Å². The van der Waals surface area contributed by atoms with Crippen LogP contribution in [0.2, 0.25) is 0 Å². The van der Waals surface area contributed by atoms with Gasteiger partial charge in [-0.2, -0.15) is 0 Å². The molecule has 0 spiro atoms. The van der Waals surface area contributed by atoms with Gasteiger partial charge in [0.05, 0.1) is 22.2 Å². The minimum atomic E-state index is -3.46. The molecule has 226 valence electrons. The minimum absolute atomic E-state index is 0.103. The van der Waals surface area contributed by atoms with Crippen LogP contribution in [0.25, 0.3) is 22.0 Å². The highest BCUT2D eigenvalue weighted by Gasteiger charge is 2.22. The topological polar surface area (TPSA) is 101 Å². The number of sulfone groups is 2. The molecule has 1 amide bonds. The Morgan fingerprint density at radius 2 is 1.57 bits per heavy atom. The van der Waals surface area contributed by atoms with Crippen molar-refractivity contribution in [2.45, 2.75) is 30.0 Å². The Labute approximate surface area is 256 Å². The Bertz CT molecular complexity index is 2070. The van der Waals surface area contributed by atoms with Gasteiger partial charge in [-0.25, -0.2) is 21.2 Å². The Hall–Kier alpha value is -4.41. The number of rotatable bonds is 9. The van der Waals surface area contributed by atoms with Gasteiger partial charge >= 0.3 is 0 Å². The predicted octanol–water partition coefficient (Wildman–Crippen LogP) is 6.27. The van der Waals surface area contributed by atoms with E-state index in [9.17, 15) is 21.6 Å². The van der Waals surface area contributed by atoms with E-state index < -0.39 is 30.7 Å². The van der Waals surface area contributed by atoms with Crippen molar-refractivity contribution in [3.05, 3.63) is 126 Å². The number of carbonyl (C=O) groups excluding carboxylic acids is 1. The third-order valence-electron chi connectivity index (χ3n) is 7.55. The molecule has 1 unspecified atom stereocenters. The first kappa shape index (κ1) is 31.0. The molecule has 5 rings (SSSR count). The fourth-order valence-electron chi connectivity index (χ4n) is 5.00. The van der Waals surface area contributed by atoms with Crippen molar-refractivity contribution in [1.82, 2.24) is 4.98 Å². The molecular weight excluding hydrogens is 600 g/mol. The zero-order chi connectivity index (χ0) is 31.6.